The molecule has 1 saturated heterocycles. The van der Waals surface area contributed by atoms with Crippen molar-refractivity contribution >= 4 is 6.21 Å². The molecule has 1 nitrogen and oxygen atoms in total. The predicted octanol–water partition coefficient (Wildman–Crippen LogP) is 3.32. The minimum atomic E-state index is -4.25. The molecule has 17 heavy (non-hydrogen) atoms. The molecule has 1 aromatic carbocycles. The first-order valence-corrected chi connectivity index (χ1v) is 5.82. The molecular weight excluding hydrogens is 227 g/mol. The highest BCUT2D eigenvalue weighted by Gasteiger charge is 2.29. The Morgan fingerprint density at radius 1 is 0.941 bits per heavy atom. The summed E-state index contributed by atoms with van der Waals surface area (Å²) in [7, 11) is 0. The smallest absolute Gasteiger partial charge is 0.236 e. The summed E-state index contributed by atoms with van der Waals surface area (Å²) in [5.41, 5.74) is 0.244. The highest BCUT2D eigenvalue weighted by Crippen LogP contribution is 2.28. The van der Waals surface area contributed by atoms with Crippen molar-refractivity contribution in [3.05, 3.63) is 35.4 Å². The summed E-state index contributed by atoms with van der Waals surface area (Å²) in [5, 5.41) is 0. The summed E-state index contributed by atoms with van der Waals surface area (Å²) in [6, 6.07) is 5.32. The van der Waals surface area contributed by atoms with Crippen LogP contribution in [0.15, 0.2) is 24.3 Å². The van der Waals surface area contributed by atoms with E-state index in [4.69, 9.17) is 0 Å². The van der Waals surface area contributed by atoms with E-state index in [2.05, 4.69) is 4.58 Å². The van der Waals surface area contributed by atoms with Crippen LogP contribution in [-0.2, 0) is 6.18 Å². The van der Waals surface area contributed by atoms with Crippen LogP contribution in [0.5, 0.6) is 0 Å². The average Bonchev–Trinajstić information content (AvgIpc) is 2.30. The number of hydrogen-bond acceptors (Lipinski definition) is 0. The van der Waals surface area contributed by atoms with Gasteiger partial charge in [-0.25, -0.2) is 4.58 Å². The third-order valence-corrected chi connectivity index (χ3v) is 2.96. The first-order valence-electron chi connectivity index (χ1n) is 5.82. The van der Waals surface area contributed by atoms with E-state index in [9.17, 15) is 13.2 Å². The van der Waals surface area contributed by atoms with Gasteiger partial charge >= 0.3 is 6.18 Å². The number of rotatable bonds is 1. The van der Waals surface area contributed by atoms with Crippen molar-refractivity contribution in [3.63, 3.8) is 0 Å². The molecule has 4 heteroatoms. The Hall–Kier alpha value is -1.32. The normalized spacial score (nSPS) is 17.0. The van der Waals surface area contributed by atoms with Crippen molar-refractivity contribution in [1.29, 1.82) is 0 Å². The Labute approximate surface area is 98.6 Å². The topological polar surface area (TPSA) is 3.01 Å². The molecule has 1 aliphatic rings. The van der Waals surface area contributed by atoms with E-state index < -0.39 is 11.7 Å². The lowest BCUT2D eigenvalue weighted by atomic mass is 10.1. The average molecular weight is 242 g/mol. The number of piperidine rings is 1. The van der Waals surface area contributed by atoms with Crippen molar-refractivity contribution in [2.75, 3.05) is 13.1 Å². The first kappa shape index (κ1) is 12.1. The maximum atomic E-state index is 12.4. The van der Waals surface area contributed by atoms with Gasteiger partial charge in [0.15, 0.2) is 6.21 Å². The van der Waals surface area contributed by atoms with E-state index in [-0.39, 0.29) is 0 Å². The quantitative estimate of drug-likeness (QED) is 0.665. The van der Waals surface area contributed by atoms with Crippen LogP contribution in [0.25, 0.3) is 0 Å². The molecule has 0 N–H and O–H groups in total. The van der Waals surface area contributed by atoms with Gasteiger partial charge in [-0.1, -0.05) is 0 Å². The van der Waals surface area contributed by atoms with Crippen molar-refractivity contribution in [2.24, 2.45) is 0 Å². The molecule has 0 radical (unpaired) electrons. The predicted molar refractivity (Wildman–Crippen MR) is 60.5 cm³/mol. The van der Waals surface area contributed by atoms with Gasteiger partial charge in [0.2, 0.25) is 0 Å². The largest absolute Gasteiger partial charge is 0.416 e. The van der Waals surface area contributed by atoms with Crippen LogP contribution < -0.4 is 0 Å². The summed E-state index contributed by atoms with van der Waals surface area (Å²) in [6.07, 6.45) is 1.27. The van der Waals surface area contributed by atoms with Crippen LogP contribution >= 0.6 is 0 Å². The van der Waals surface area contributed by atoms with Gasteiger partial charge in [-0.05, 0) is 30.7 Å². The molecule has 0 aromatic heterocycles. The zero-order valence-corrected chi connectivity index (χ0v) is 9.50. The SMILES string of the molecule is FC(F)(F)c1ccc(C=[N+]2CCCCC2)cc1. The second-order valence-corrected chi connectivity index (χ2v) is 4.35. The van der Waals surface area contributed by atoms with E-state index >= 15 is 0 Å². The van der Waals surface area contributed by atoms with Crippen LogP contribution in [0.1, 0.15) is 30.4 Å². The fraction of sp³-hybridized carbons (Fsp3) is 0.462. The van der Waals surface area contributed by atoms with Crippen LogP contribution in [0.2, 0.25) is 0 Å². The Bertz CT molecular complexity index is 396. The molecule has 1 aromatic rings. The molecule has 1 aliphatic heterocycles. The molecule has 1 fully saturated rings. The Balaban J connectivity index is 2.12. The third-order valence-electron chi connectivity index (χ3n) is 2.96. The van der Waals surface area contributed by atoms with Gasteiger partial charge in [-0.2, -0.15) is 13.2 Å². The highest BCUT2D eigenvalue weighted by atomic mass is 19.4. The van der Waals surface area contributed by atoms with Gasteiger partial charge in [0.1, 0.15) is 13.1 Å². The van der Waals surface area contributed by atoms with Crippen LogP contribution in [0.3, 0.4) is 0 Å². The van der Waals surface area contributed by atoms with Crippen molar-refractivity contribution in [2.45, 2.75) is 25.4 Å². The van der Waals surface area contributed by atoms with Crippen LogP contribution in [-0.4, -0.2) is 23.9 Å². The zero-order chi connectivity index (χ0) is 12.3. The number of hydrogen-bond donors (Lipinski definition) is 0. The summed E-state index contributed by atoms with van der Waals surface area (Å²) in [6.45, 7) is 2.00. The second kappa shape index (κ2) is 4.90. The number of halogens is 3. The molecule has 92 valence electrons. The molecule has 1 heterocycles. The van der Waals surface area contributed by atoms with E-state index in [1.807, 2.05) is 6.21 Å². The minimum Gasteiger partial charge on any atom is -0.236 e. The van der Waals surface area contributed by atoms with E-state index in [1.165, 1.54) is 18.6 Å². The lowest BCUT2D eigenvalue weighted by Gasteiger charge is -2.09. The van der Waals surface area contributed by atoms with Gasteiger partial charge in [0.25, 0.3) is 0 Å². The number of benzene rings is 1. The number of nitrogens with zero attached hydrogens (tertiary/aromatic N) is 1. The lowest BCUT2D eigenvalue weighted by Crippen LogP contribution is -2.21. The molecule has 0 bridgehead atoms. The fourth-order valence-electron chi connectivity index (χ4n) is 2.02. The second-order valence-electron chi connectivity index (χ2n) is 4.35. The Morgan fingerprint density at radius 3 is 2.06 bits per heavy atom. The van der Waals surface area contributed by atoms with Gasteiger partial charge in [-0.3, -0.25) is 0 Å². The third kappa shape index (κ3) is 3.32. The molecule has 2 rings (SSSR count). The van der Waals surface area contributed by atoms with Gasteiger partial charge in [0.05, 0.1) is 5.56 Å². The van der Waals surface area contributed by atoms with Crippen LogP contribution in [0, 0.1) is 0 Å². The summed E-state index contributed by atoms with van der Waals surface area (Å²) in [5.74, 6) is 0. The molecular formula is C13H15F3N+. The van der Waals surface area contributed by atoms with Gasteiger partial charge in [0, 0.05) is 18.4 Å². The first-order chi connectivity index (χ1) is 8.05. The molecule has 0 atom stereocenters. The van der Waals surface area contributed by atoms with Crippen molar-refractivity contribution in [3.8, 4) is 0 Å². The fourth-order valence-corrected chi connectivity index (χ4v) is 2.02. The molecule has 0 aliphatic carbocycles. The van der Waals surface area contributed by atoms with Crippen molar-refractivity contribution < 1.29 is 17.7 Å². The molecule has 0 amide bonds. The monoisotopic (exact) mass is 242 g/mol. The minimum absolute atomic E-state index is 0.590. The van der Waals surface area contributed by atoms with Gasteiger partial charge in [-0.15, -0.1) is 0 Å². The molecule has 0 unspecified atom stereocenters. The lowest BCUT2D eigenvalue weighted by molar-refractivity contribution is -0.532. The van der Waals surface area contributed by atoms with Gasteiger partial charge < -0.3 is 0 Å². The summed E-state index contributed by atoms with van der Waals surface area (Å²) >= 11 is 0. The zero-order valence-electron chi connectivity index (χ0n) is 9.50. The summed E-state index contributed by atoms with van der Waals surface area (Å²) < 4.78 is 39.2. The standard InChI is InChI=1S/C13H15F3N/c14-13(15,16)12-6-4-11(5-7-12)10-17-8-2-1-3-9-17/h4-7,10H,1-3,8-9H2/q+1. The Kier molecular flexibility index (Phi) is 3.50. The van der Waals surface area contributed by atoms with Crippen LogP contribution in [0.4, 0.5) is 13.2 Å². The molecule has 0 saturated carbocycles. The van der Waals surface area contributed by atoms with E-state index in [1.54, 1.807) is 0 Å². The highest BCUT2D eigenvalue weighted by molar-refractivity contribution is 5.75. The summed E-state index contributed by atoms with van der Waals surface area (Å²) in [4.78, 5) is 0. The molecule has 0 spiro atoms. The Morgan fingerprint density at radius 2 is 1.53 bits per heavy atom. The number of alkyl halides is 3. The maximum Gasteiger partial charge on any atom is 0.416 e. The van der Waals surface area contributed by atoms with E-state index in [0.717, 1.165) is 43.6 Å². The van der Waals surface area contributed by atoms with E-state index in [0.29, 0.717) is 0 Å². The van der Waals surface area contributed by atoms with Crippen molar-refractivity contribution in [1.82, 2.24) is 0 Å². The maximum absolute atomic E-state index is 12.4.